The quantitative estimate of drug-likeness (QED) is 0.478. The van der Waals surface area contributed by atoms with E-state index < -0.39 is 0 Å². The van der Waals surface area contributed by atoms with Crippen LogP contribution < -0.4 is 0 Å². The fourth-order valence-electron chi connectivity index (χ4n) is 3.04. The number of fused-ring (bicyclic) bond motifs is 1. The molecule has 0 bridgehead atoms. The number of esters is 1. The third kappa shape index (κ3) is 4.01. The summed E-state index contributed by atoms with van der Waals surface area (Å²) in [6, 6.07) is 0. The largest absolute Gasteiger partial charge is 0.460 e. The van der Waals surface area contributed by atoms with Crippen molar-refractivity contribution in [1.82, 2.24) is 0 Å². The molecule has 100 valence electrons. The molecule has 0 aromatic rings. The minimum atomic E-state index is -0.177. The zero-order valence-electron chi connectivity index (χ0n) is 11.3. The first-order valence-corrected chi connectivity index (χ1v) is 7.29. The van der Waals surface area contributed by atoms with Gasteiger partial charge < -0.3 is 4.74 Å². The molecule has 1 aliphatic heterocycles. The van der Waals surface area contributed by atoms with Crippen LogP contribution in [-0.2, 0) is 9.53 Å². The summed E-state index contributed by atoms with van der Waals surface area (Å²) in [7, 11) is 0. The van der Waals surface area contributed by atoms with Crippen LogP contribution in [0.15, 0.2) is 24.3 Å². The molecule has 1 aliphatic carbocycles. The Labute approximate surface area is 110 Å². The molecule has 2 heteroatoms. The predicted octanol–water partition coefficient (Wildman–Crippen LogP) is 4.02. The zero-order valence-corrected chi connectivity index (χ0v) is 11.3. The molecule has 0 spiro atoms. The van der Waals surface area contributed by atoms with Gasteiger partial charge in [-0.3, -0.25) is 0 Å². The van der Waals surface area contributed by atoms with Crippen LogP contribution in [0.3, 0.4) is 0 Å². The molecule has 3 unspecified atom stereocenters. The fraction of sp³-hybridized carbons (Fsp3) is 0.688. The third-order valence-corrected chi connectivity index (χ3v) is 4.09. The number of hydrogen-bond donors (Lipinski definition) is 0. The molecule has 3 atom stereocenters. The van der Waals surface area contributed by atoms with Crippen molar-refractivity contribution >= 4 is 5.97 Å². The summed E-state index contributed by atoms with van der Waals surface area (Å²) in [5.41, 5.74) is 0. The van der Waals surface area contributed by atoms with Gasteiger partial charge in [0.2, 0.25) is 0 Å². The van der Waals surface area contributed by atoms with Crippen molar-refractivity contribution in [2.45, 2.75) is 58.0 Å². The summed E-state index contributed by atoms with van der Waals surface area (Å²) in [5.74, 6) is 1.27. The van der Waals surface area contributed by atoms with Crippen LogP contribution in [0.1, 0.15) is 51.9 Å². The molecule has 18 heavy (non-hydrogen) atoms. The molecule has 0 saturated heterocycles. The molecule has 1 fully saturated rings. The molecule has 0 aromatic carbocycles. The summed E-state index contributed by atoms with van der Waals surface area (Å²) < 4.78 is 5.33. The van der Waals surface area contributed by atoms with Gasteiger partial charge in [-0.25, -0.2) is 4.79 Å². The van der Waals surface area contributed by atoms with Crippen molar-refractivity contribution in [2.24, 2.45) is 11.8 Å². The Morgan fingerprint density at radius 2 is 2.06 bits per heavy atom. The van der Waals surface area contributed by atoms with Crippen molar-refractivity contribution in [1.29, 1.82) is 0 Å². The van der Waals surface area contributed by atoms with Gasteiger partial charge in [0.1, 0.15) is 0 Å². The SMILES string of the molecule is CC1CCC/C=C/C2CCCC2C/C=C/C(=O)O1. The van der Waals surface area contributed by atoms with Crippen molar-refractivity contribution in [3.8, 4) is 0 Å². The zero-order chi connectivity index (χ0) is 12.8. The highest BCUT2D eigenvalue weighted by Gasteiger charge is 2.23. The Bertz CT molecular complexity index is 330. The Balaban J connectivity index is 1.99. The van der Waals surface area contributed by atoms with Gasteiger partial charge in [0, 0.05) is 6.08 Å². The van der Waals surface area contributed by atoms with E-state index in [0.717, 1.165) is 37.5 Å². The summed E-state index contributed by atoms with van der Waals surface area (Å²) in [4.78, 5) is 11.6. The van der Waals surface area contributed by atoms with Gasteiger partial charge >= 0.3 is 5.97 Å². The number of ether oxygens (including phenoxy) is 1. The molecule has 0 radical (unpaired) electrons. The summed E-state index contributed by atoms with van der Waals surface area (Å²) in [5, 5.41) is 0. The van der Waals surface area contributed by atoms with Gasteiger partial charge in [0.15, 0.2) is 0 Å². The van der Waals surface area contributed by atoms with Crippen LogP contribution in [0.2, 0.25) is 0 Å². The van der Waals surface area contributed by atoms with E-state index in [1.807, 2.05) is 13.0 Å². The second-order valence-electron chi connectivity index (χ2n) is 5.60. The Morgan fingerprint density at radius 3 is 2.94 bits per heavy atom. The van der Waals surface area contributed by atoms with Crippen molar-refractivity contribution in [3.05, 3.63) is 24.3 Å². The summed E-state index contributed by atoms with van der Waals surface area (Å²) in [6.45, 7) is 1.98. The van der Waals surface area contributed by atoms with Crippen LogP contribution in [0.4, 0.5) is 0 Å². The molecule has 1 heterocycles. The highest BCUT2D eigenvalue weighted by atomic mass is 16.5. The number of hydrogen-bond acceptors (Lipinski definition) is 2. The molecule has 2 nitrogen and oxygen atoms in total. The lowest BCUT2D eigenvalue weighted by atomic mass is 9.92. The highest BCUT2D eigenvalue weighted by molar-refractivity contribution is 5.82. The molecular formula is C16H24O2. The van der Waals surface area contributed by atoms with E-state index in [2.05, 4.69) is 12.2 Å². The van der Waals surface area contributed by atoms with Gasteiger partial charge in [0.25, 0.3) is 0 Å². The average Bonchev–Trinajstić information content (AvgIpc) is 2.75. The average molecular weight is 248 g/mol. The number of allylic oxidation sites excluding steroid dienone is 3. The summed E-state index contributed by atoms with van der Waals surface area (Å²) >= 11 is 0. The second-order valence-corrected chi connectivity index (χ2v) is 5.60. The lowest BCUT2D eigenvalue weighted by molar-refractivity contribution is -0.142. The van der Waals surface area contributed by atoms with Gasteiger partial charge in [-0.05, 0) is 57.3 Å². The first-order chi connectivity index (χ1) is 8.75. The van der Waals surface area contributed by atoms with Gasteiger partial charge in [-0.1, -0.05) is 24.6 Å². The van der Waals surface area contributed by atoms with E-state index in [0.29, 0.717) is 0 Å². The lowest BCUT2D eigenvalue weighted by Crippen LogP contribution is -2.12. The van der Waals surface area contributed by atoms with E-state index >= 15 is 0 Å². The Kier molecular flexibility index (Phi) is 5.03. The van der Waals surface area contributed by atoms with E-state index in [-0.39, 0.29) is 12.1 Å². The minimum Gasteiger partial charge on any atom is -0.460 e. The molecule has 0 N–H and O–H groups in total. The molecule has 2 aliphatic rings. The monoisotopic (exact) mass is 248 g/mol. The molecular weight excluding hydrogens is 224 g/mol. The van der Waals surface area contributed by atoms with Crippen LogP contribution in [0.5, 0.6) is 0 Å². The number of cyclic esters (lactones) is 1. The maximum Gasteiger partial charge on any atom is 0.330 e. The standard InChI is InChI=1S/C16H24O2/c1-13-7-3-2-4-8-14-9-5-10-15(14)11-6-12-16(17)18-13/h4,6,8,12-15H,2-3,5,7,9-11H2,1H3/b8-4+,12-6+. The fourth-order valence-corrected chi connectivity index (χ4v) is 3.04. The topological polar surface area (TPSA) is 26.3 Å². The highest BCUT2D eigenvalue weighted by Crippen LogP contribution is 2.35. The third-order valence-electron chi connectivity index (χ3n) is 4.09. The van der Waals surface area contributed by atoms with E-state index in [1.165, 1.54) is 19.3 Å². The molecule has 0 aromatic heterocycles. The number of carbonyl (C=O) groups is 1. The van der Waals surface area contributed by atoms with Crippen molar-refractivity contribution in [3.63, 3.8) is 0 Å². The first-order valence-electron chi connectivity index (χ1n) is 7.29. The molecule has 1 saturated carbocycles. The molecule has 0 amide bonds. The maximum absolute atomic E-state index is 11.6. The maximum atomic E-state index is 11.6. The molecule has 2 rings (SSSR count). The van der Waals surface area contributed by atoms with Gasteiger partial charge in [-0.15, -0.1) is 0 Å². The Morgan fingerprint density at radius 1 is 1.17 bits per heavy atom. The van der Waals surface area contributed by atoms with E-state index in [9.17, 15) is 4.79 Å². The summed E-state index contributed by atoms with van der Waals surface area (Å²) in [6.07, 6.45) is 16.5. The van der Waals surface area contributed by atoms with E-state index in [1.54, 1.807) is 6.08 Å². The second kappa shape index (κ2) is 6.77. The van der Waals surface area contributed by atoms with Crippen molar-refractivity contribution in [2.75, 3.05) is 0 Å². The number of carbonyl (C=O) groups excluding carboxylic acids is 1. The van der Waals surface area contributed by atoms with Crippen LogP contribution in [-0.4, -0.2) is 12.1 Å². The van der Waals surface area contributed by atoms with Crippen LogP contribution in [0, 0.1) is 11.8 Å². The smallest absolute Gasteiger partial charge is 0.330 e. The van der Waals surface area contributed by atoms with Crippen LogP contribution in [0.25, 0.3) is 0 Å². The van der Waals surface area contributed by atoms with Crippen LogP contribution >= 0.6 is 0 Å². The normalized spacial score (nSPS) is 37.6. The van der Waals surface area contributed by atoms with Crippen molar-refractivity contribution < 1.29 is 9.53 Å². The van der Waals surface area contributed by atoms with Gasteiger partial charge in [-0.2, -0.15) is 0 Å². The first kappa shape index (κ1) is 13.4. The Hall–Kier alpha value is -1.05. The number of rotatable bonds is 0. The predicted molar refractivity (Wildman–Crippen MR) is 73.1 cm³/mol. The minimum absolute atomic E-state index is 0.0378. The van der Waals surface area contributed by atoms with E-state index in [4.69, 9.17) is 4.74 Å². The lowest BCUT2D eigenvalue weighted by Gasteiger charge is -2.13. The van der Waals surface area contributed by atoms with Gasteiger partial charge in [0.05, 0.1) is 6.10 Å².